The molecule has 51 heavy (non-hydrogen) atoms. The molecule has 0 aromatic carbocycles. The maximum absolute atomic E-state index is 13.9. The van der Waals surface area contributed by atoms with Gasteiger partial charge in [0, 0.05) is 50.8 Å². The maximum atomic E-state index is 13.9. The third-order valence-corrected chi connectivity index (χ3v) is 10.9. The van der Waals surface area contributed by atoms with Crippen LogP contribution in [-0.2, 0) is 28.7 Å². The van der Waals surface area contributed by atoms with E-state index in [1.165, 1.54) is 11.3 Å². The first-order chi connectivity index (χ1) is 24.3. The van der Waals surface area contributed by atoms with E-state index in [2.05, 4.69) is 36.7 Å². The molecule has 4 unspecified atom stereocenters. The van der Waals surface area contributed by atoms with Crippen molar-refractivity contribution >= 4 is 29.7 Å². The summed E-state index contributed by atoms with van der Waals surface area (Å²) < 4.78 is 10.9. The Labute approximate surface area is 306 Å². The Bertz CT molecular complexity index is 1110. The van der Waals surface area contributed by atoms with Crippen molar-refractivity contribution in [3.05, 3.63) is 0 Å². The molecule has 3 N–H and O–H groups in total. The fourth-order valence-corrected chi connectivity index (χ4v) is 7.47. The summed E-state index contributed by atoms with van der Waals surface area (Å²) in [6, 6.07) is 0.163. The molecular formula is C38H68N6O7. The third-order valence-electron chi connectivity index (χ3n) is 10.9. The van der Waals surface area contributed by atoms with E-state index < -0.39 is 5.97 Å². The number of urea groups is 1. The van der Waals surface area contributed by atoms with Crippen LogP contribution in [0, 0.1) is 17.8 Å². The predicted octanol–water partition coefficient (Wildman–Crippen LogP) is 3.70. The van der Waals surface area contributed by atoms with Crippen LogP contribution >= 0.6 is 0 Å². The molecule has 0 aromatic rings. The van der Waals surface area contributed by atoms with Gasteiger partial charge < -0.3 is 40.1 Å². The maximum Gasteiger partial charge on any atom is 0.315 e. The molecule has 4 atom stereocenters. The number of carbonyl (C=O) groups is 5. The molecule has 3 saturated carbocycles. The number of nitrogens with one attached hydrogen (secondary N) is 3. The summed E-state index contributed by atoms with van der Waals surface area (Å²) in [5.74, 6) is -0.607. The molecule has 3 aliphatic rings. The number of esters is 1. The second kappa shape index (κ2) is 22.2. The van der Waals surface area contributed by atoms with Gasteiger partial charge in [0.15, 0.2) is 0 Å². The van der Waals surface area contributed by atoms with Gasteiger partial charge in [-0.1, -0.05) is 40.0 Å². The average molecular weight is 721 g/mol. The standard InChI is InChI=1S/C38H68N6O7/c1-27(2)18-20-43(25-34(45)39-30-14-16-31(17-15-30)40-38(49)41-33-13-8-7-10-28(33)3)35(46)26-44(21-19-36(47)51-23-22-42(4)5)37(48)29-11-9-12-32(24-29)50-6/h27-33H,7-26H2,1-6H3,(H,39,45)(H2,40,41,49). The highest BCUT2D eigenvalue weighted by Crippen LogP contribution is 2.28. The zero-order valence-electron chi connectivity index (χ0n) is 32.4. The highest BCUT2D eigenvalue weighted by molar-refractivity contribution is 5.89. The van der Waals surface area contributed by atoms with Gasteiger partial charge in [0.1, 0.15) is 6.61 Å². The first kappa shape index (κ1) is 42.5. The number of carbonyl (C=O) groups excluding carboxylic acids is 5. The number of ether oxygens (including phenoxy) is 2. The van der Waals surface area contributed by atoms with Gasteiger partial charge >= 0.3 is 12.0 Å². The summed E-state index contributed by atoms with van der Waals surface area (Å²) in [5.41, 5.74) is 0. The topological polar surface area (TPSA) is 150 Å². The second-order valence-electron chi connectivity index (χ2n) is 15.9. The van der Waals surface area contributed by atoms with Crippen molar-refractivity contribution in [3.63, 3.8) is 0 Å². The molecule has 3 rings (SSSR count). The van der Waals surface area contributed by atoms with E-state index in [1.807, 2.05) is 19.0 Å². The van der Waals surface area contributed by atoms with Gasteiger partial charge in [0.25, 0.3) is 0 Å². The average Bonchev–Trinajstić information content (AvgIpc) is 3.09. The van der Waals surface area contributed by atoms with E-state index in [-0.39, 0.29) is 86.6 Å². The third kappa shape index (κ3) is 15.7. The lowest BCUT2D eigenvalue weighted by Gasteiger charge is -2.34. The lowest BCUT2D eigenvalue weighted by Crippen LogP contribution is -2.52. The molecule has 0 spiro atoms. The summed E-state index contributed by atoms with van der Waals surface area (Å²) in [6.07, 6.45) is 11.3. The number of rotatable bonds is 18. The largest absolute Gasteiger partial charge is 0.464 e. The fraction of sp³-hybridized carbons (Fsp3) is 0.868. The van der Waals surface area contributed by atoms with Crippen LogP contribution in [0.15, 0.2) is 0 Å². The van der Waals surface area contributed by atoms with E-state index >= 15 is 0 Å². The quantitative estimate of drug-likeness (QED) is 0.182. The van der Waals surface area contributed by atoms with Crippen LogP contribution in [0.4, 0.5) is 4.79 Å². The highest BCUT2D eigenvalue weighted by atomic mass is 16.5. The summed E-state index contributed by atoms with van der Waals surface area (Å²) >= 11 is 0. The van der Waals surface area contributed by atoms with Crippen LogP contribution in [0.25, 0.3) is 0 Å². The molecule has 292 valence electrons. The number of likely N-dealkylation sites (N-methyl/N-ethyl adjacent to an activating group) is 1. The Hall–Kier alpha value is -2.93. The van der Waals surface area contributed by atoms with Crippen LogP contribution < -0.4 is 16.0 Å². The minimum Gasteiger partial charge on any atom is -0.464 e. The number of methoxy groups -OCH3 is 1. The number of hydrogen-bond acceptors (Lipinski definition) is 8. The highest BCUT2D eigenvalue weighted by Gasteiger charge is 2.33. The van der Waals surface area contributed by atoms with E-state index in [9.17, 15) is 24.0 Å². The van der Waals surface area contributed by atoms with E-state index in [1.54, 1.807) is 12.0 Å². The first-order valence-corrected chi connectivity index (χ1v) is 19.6. The van der Waals surface area contributed by atoms with E-state index in [0.717, 1.165) is 57.8 Å². The minimum atomic E-state index is -0.416. The number of nitrogens with zero attached hydrogens (tertiary/aromatic N) is 3. The van der Waals surface area contributed by atoms with Crippen LogP contribution in [0.3, 0.4) is 0 Å². The Morgan fingerprint density at radius 3 is 2.10 bits per heavy atom. The van der Waals surface area contributed by atoms with Gasteiger partial charge in [-0.25, -0.2) is 4.79 Å². The Kier molecular flexibility index (Phi) is 18.5. The van der Waals surface area contributed by atoms with Crippen molar-refractivity contribution in [2.75, 3.05) is 60.5 Å². The molecule has 0 heterocycles. The smallest absolute Gasteiger partial charge is 0.315 e. The van der Waals surface area contributed by atoms with Gasteiger partial charge in [0.05, 0.1) is 25.6 Å². The van der Waals surface area contributed by atoms with Gasteiger partial charge in [0.2, 0.25) is 17.7 Å². The van der Waals surface area contributed by atoms with Crippen LogP contribution in [0.1, 0.15) is 111 Å². The monoisotopic (exact) mass is 721 g/mol. The van der Waals surface area contributed by atoms with Crippen LogP contribution in [-0.4, -0.2) is 129 Å². The molecule has 0 bridgehead atoms. The summed E-state index contributed by atoms with van der Waals surface area (Å²) in [5, 5.41) is 9.43. The molecule has 0 aromatic heterocycles. The van der Waals surface area contributed by atoms with Crippen molar-refractivity contribution in [1.29, 1.82) is 0 Å². The molecule has 0 radical (unpaired) electrons. The Balaban J connectivity index is 1.56. The lowest BCUT2D eigenvalue weighted by atomic mass is 9.86. The minimum absolute atomic E-state index is 0.0131. The molecule has 0 saturated heterocycles. The molecule has 3 aliphatic carbocycles. The molecule has 13 heteroatoms. The Morgan fingerprint density at radius 2 is 1.45 bits per heavy atom. The van der Waals surface area contributed by atoms with E-state index in [4.69, 9.17) is 9.47 Å². The summed E-state index contributed by atoms with van der Waals surface area (Å²) in [4.78, 5) is 71.2. The van der Waals surface area contributed by atoms with Crippen LogP contribution in [0.2, 0.25) is 0 Å². The van der Waals surface area contributed by atoms with Gasteiger partial charge in [-0.15, -0.1) is 0 Å². The van der Waals surface area contributed by atoms with Gasteiger partial charge in [-0.3, -0.25) is 19.2 Å². The van der Waals surface area contributed by atoms with Crippen LogP contribution in [0.5, 0.6) is 0 Å². The lowest BCUT2D eigenvalue weighted by molar-refractivity contribution is -0.148. The number of hydrogen-bond donors (Lipinski definition) is 3. The van der Waals surface area contributed by atoms with Gasteiger partial charge in [-0.05, 0) is 90.1 Å². The molecule has 13 nitrogen and oxygen atoms in total. The number of amides is 5. The zero-order valence-corrected chi connectivity index (χ0v) is 32.4. The summed E-state index contributed by atoms with van der Waals surface area (Å²) in [7, 11) is 5.44. The summed E-state index contributed by atoms with van der Waals surface area (Å²) in [6.45, 7) is 7.33. The zero-order chi connectivity index (χ0) is 37.3. The van der Waals surface area contributed by atoms with E-state index in [0.29, 0.717) is 44.2 Å². The second-order valence-corrected chi connectivity index (χ2v) is 15.9. The van der Waals surface area contributed by atoms with Crippen molar-refractivity contribution in [1.82, 2.24) is 30.7 Å². The van der Waals surface area contributed by atoms with Crippen molar-refractivity contribution < 1.29 is 33.4 Å². The normalized spacial score (nSPS) is 25.2. The molecule has 5 amide bonds. The SMILES string of the molecule is COC1CCCC(C(=O)N(CCC(=O)OCCN(C)C)CC(=O)N(CCC(C)C)CC(=O)NC2CCC(NC(=O)NC3CCCCC3C)CC2)C1. The molecule has 3 fully saturated rings. The van der Waals surface area contributed by atoms with Crippen molar-refractivity contribution in [2.45, 2.75) is 135 Å². The van der Waals surface area contributed by atoms with Crippen molar-refractivity contribution in [2.24, 2.45) is 17.8 Å². The molecule has 0 aliphatic heterocycles. The first-order valence-electron chi connectivity index (χ1n) is 19.6. The Morgan fingerprint density at radius 1 is 0.765 bits per heavy atom. The van der Waals surface area contributed by atoms with Crippen molar-refractivity contribution in [3.8, 4) is 0 Å². The van der Waals surface area contributed by atoms with Gasteiger partial charge in [-0.2, -0.15) is 0 Å². The molecular weight excluding hydrogens is 652 g/mol. The fourth-order valence-electron chi connectivity index (χ4n) is 7.47. The predicted molar refractivity (Wildman–Crippen MR) is 197 cm³/mol.